The normalized spacial score (nSPS) is 14.2. The summed E-state index contributed by atoms with van der Waals surface area (Å²) < 4.78 is 41.9. The second-order valence-corrected chi connectivity index (χ2v) is 8.76. The van der Waals surface area contributed by atoms with Gasteiger partial charge in [0.1, 0.15) is 23.0 Å². The zero-order valence-electron chi connectivity index (χ0n) is 17.9. The van der Waals surface area contributed by atoms with Crippen molar-refractivity contribution in [1.29, 1.82) is 10.5 Å². The average Bonchev–Trinajstić information content (AvgIpc) is 3.32. The first-order valence-electron chi connectivity index (χ1n) is 10.1. The molecule has 6 nitrogen and oxygen atoms in total. The maximum absolute atomic E-state index is 13.3. The molecule has 0 atom stereocenters. The van der Waals surface area contributed by atoms with E-state index in [0.29, 0.717) is 11.4 Å². The van der Waals surface area contributed by atoms with Crippen LogP contribution in [0.2, 0.25) is 0 Å². The van der Waals surface area contributed by atoms with E-state index in [-0.39, 0.29) is 22.5 Å². The van der Waals surface area contributed by atoms with Gasteiger partial charge in [-0.2, -0.15) is 23.7 Å². The second-order valence-electron chi connectivity index (χ2n) is 7.79. The van der Waals surface area contributed by atoms with Crippen molar-refractivity contribution >= 4 is 23.5 Å². The van der Waals surface area contributed by atoms with Crippen molar-refractivity contribution in [2.75, 3.05) is 11.1 Å². The third-order valence-electron chi connectivity index (χ3n) is 5.69. The number of rotatable bonds is 5. The minimum absolute atomic E-state index is 0.104. The van der Waals surface area contributed by atoms with Crippen LogP contribution in [0, 0.1) is 43.4 Å². The molecule has 1 aliphatic carbocycles. The molecule has 0 bridgehead atoms. The highest BCUT2D eigenvalue weighted by Crippen LogP contribution is 2.38. The molecule has 2 heterocycles. The SMILES string of the molecule is Cc1cc(C(F)(F)F)c(C#N)c(SCC(=O)Nc2c(C#N)c(C)c(C)n2C2CCCC2)n1. The highest BCUT2D eigenvalue weighted by molar-refractivity contribution is 8.00. The molecule has 0 radical (unpaired) electrons. The zero-order chi connectivity index (χ0) is 23.6. The topological polar surface area (TPSA) is 94.5 Å². The van der Waals surface area contributed by atoms with Crippen molar-refractivity contribution in [1.82, 2.24) is 9.55 Å². The van der Waals surface area contributed by atoms with Gasteiger partial charge in [0.15, 0.2) is 0 Å². The number of nitrogens with zero attached hydrogens (tertiary/aromatic N) is 4. The van der Waals surface area contributed by atoms with Crippen molar-refractivity contribution in [2.45, 2.75) is 63.7 Å². The molecule has 0 aromatic carbocycles. The number of nitriles is 2. The molecule has 0 spiro atoms. The number of carbonyl (C=O) groups is 1. The van der Waals surface area contributed by atoms with Crippen LogP contribution in [0.15, 0.2) is 11.1 Å². The van der Waals surface area contributed by atoms with Gasteiger partial charge in [-0.15, -0.1) is 0 Å². The Hall–Kier alpha value is -2.98. The average molecular weight is 462 g/mol. The number of halogens is 3. The molecule has 10 heteroatoms. The number of anilines is 1. The third kappa shape index (κ3) is 4.61. The fraction of sp³-hybridized carbons (Fsp3) is 0.455. The minimum atomic E-state index is -4.70. The van der Waals surface area contributed by atoms with Crippen LogP contribution in [0.5, 0.6) is 0 Å². The van der Waals surface area contributed by atoms with Gasteiger partial charge in [-0.1, -0.05) is 24.6 Å². The van der Waals surface area contributed by atoms with E-state index in [9.17, 15) is 28.5 Å². The highest BCUT2D eigenvalue weighted by Gasteiger charge is 2.35. The molecule has 3 rings (SSSR count). The van der Waals surface area contributed by atoms with E-state index < -0.39 is 23.2 Å². The standard InChI is InChI=1S/C22H22F3N5OS/c1-12-8-18(22(23,24)25)17(10-27)21(28-12)32-11-19(31)29-20-16(9-26)13(2)14(3)30(20)15-6-4-5-7-15/h8,15H,4-7,11H2,1-3H3,(H,29,31). The molecule has 0 saturated heterocycles. The summed E-state index contributed by atoms with van der Waals surface area (Å²) >= 11 is 0.768. The van der Waals surface area contributed by atoms with Gasteiger partial charge in [0.2, 0.25) is 5.91 Å². The molecule has 32 heavy (non-hydrogen) atoms. The van der Waals surface area contributed by atoms with E-state index in [4.69, 9.17) is 0 Å². The summed E-state index contributed by atoms with van der Waals surface area (Å²) in [7, 11) is 0. The Labute approximate surface area is 188 Å². The van der Waals surface area contributed by atoms with Crippen LogP contribution in [0.3, 0.4) is 0 Å². The lowest BCUT2D eigenvalue weighted by Crippen LogP contribution is -2.20. The van der Waals surface area contributed by atoms with Crippen molar-refractivity contribution in [3.05, 3.63) is 39.7 Å². The summed E-state index contributed by atoms with van der Waals surface area (Å²) in [5.74, 6) is -0.306. The molecule has 2 aromatic heterocycles. The smallest absolute Gasteiger partial charge is 0.327 e. The molecule has 1 fully saturated rings. The number of pyridine rings is 1. The first kappa shape index (κ1) is 23.7. The molecule has 0 aliphatic heterocycles. The summed E-state index contributed by atoms with van der Waals surface area (Å²) in [5, 5.41) is 21.5. The van der Waals surface area contributed by atoms with Gasteiger partial charge in [0.25, 0.3) is 0 Å². The lowest BCUT2D eigenvalue weighted by Gasteiger charge is -2.19. The Morgan fingerprint density at radius 1 is 1.22 bits per heavy atom. The molecule has 1 aliphatic rings. The molecule has 1 saturated carbocycles. The number of amides is 1. The molecular formula is C22H22F3N5OS. The maximum atomic E-state index is 13.3. The molecular weight excluding hydrogens is 439 g/mol. The quantitative estimate of drug-likeness (QED) is 0.600. The Morgan fingerprint density at radius 3 is 2.41 bits per heavy atom. The van der Waals surface area contributed by atoms with Crippen LogP contribution in [0.25, 0.3) is 0 Å². The number of nitrogens with one attached hydrogen (secondary N) is 1. The van der Waals surface area contributed by atoms with Crippen LogP contribution in [0.1, 0.15) is 65.4 Å². The molecule has 1 N–H and O–H groups in total. The first-order valence-corrected chi connectivity index (χ1v) is 11.1. The number of aryl methyl sites for hydroxylation is 1. The Bertz CT molecular complexity index is 1130. The maximum Gasteiger partial charge on any atom is 0.417 e. The lowest BCUT2D eigenvalue weighted by atomic mass is 10.1. The predicted molar refractivity (Wildman–Crippen MR) is 114 cm³/mol. The van der Waals surface area contributed by atoms with E-state index in [1.807, 2.05) is 18.4 Å². The van der Waals surface area contributed by atoms with Gasteiger partial charge in [0.05, 0.1) is 22.4 Å². The summed E-state index contributed by atoms with van der Waals surface area (Å²) in [5.41, 5.74) is 0.539. The molecule has 1 amide bonds. The Kier molecular flexibility index (Phi) is 6.85. The van der Waals surface area contributed by atoms with E-state index in [0.717, 1.165) is 54.8 Å². The van der Waals surface area contributed by atoms with Crippen LogP contribution >= 0.6 is 11.8 Å². The van der Waals surface area contributed by atoms with Crippen molar-refractivity contribution in [2.24, 2.45) is 0 Å². The van der Waals surface area contributed by atoms with Crippen molar-refractivity contribution in [3.63, 3.8) is 0 Å². The largest absolute Gasteiger partial charge is 0.417 e. The summed E-state index contributed by atoms with van der Waals surface area (Å²) in [6.45, 7) is 5.14. The van der Waals surface area contributed by atoms with Crippen molar-refractivity contribution in [3.8, 4) is 12.1 Å². The van der Waals surface area contributed by atoms with Gasteiger partial charge < -0.3 is 9.88 Å². The number of hydrogen-bond donors (Lipinski definition) is 1. The van der Waals surface area contributed by atoms with E-state index in [2.05, 4.69) is 16.4 Å². The molecule has 2 aromatic rings. The predicted octanol–water partition coefficient (Wildman–Crippen LogP) is 5.42. The highest BCUT2D eigenvalue weighted by atomic mass is 32.2. The number of alkyl halides is 3. The Balaban J connectivity index is 1.86. The number of aromatic nitrogens is 2. The number of carbonyl (C=O) groups excluding carboxylic acids is 1. The van der Waals surface area contributed by atoms with Gasteiger partial charge in [-0.05, 0) is 45.2 Å². The second kappa shape index (κ2) is 9.25. The first-order chi connectivity index (χ1) is 15.1. The number of thioether (sulfide) groups is 1. The zero-order valence-corrected chi connectivity index (χ0v) is 18.7. The summed E-state index contributed by atoms with van der Waals surface area (Å²) in [6, 6.07) is 4.73. The lowest BCUT2D eigenvalue weighted by molar-refractivity contribution is -0.138. The van der Waals surface area contributed by atoms with Crippen molar-refractivity contribution < 1.29 is 18.0 Å². The van der Waals surface area contributed by atoms with E-state index in [1.165, 1.54) is 6.92 Å². The van der Waals surface area contributed by atoms with Crippen LogP contribution in [0.4, 0.5) is 19.0 Å². The minimum Gasteiger partial charge on any atom is -0.327 e. The van der Waals surface area contributed by atoms with Crippen LogP contribution in [-0.2, 0) is 11.0 Å². The van der Waals surface area contributed by atoms with Gasteiger partial charge in [-0.3, -0.25) is 4.79 Å². The Morgan fingerprint density at radius 2 is 1.84 bits per heavy atom. The summed E-state index contributed by atoms with van der Waals surface area (Å²) in [4.78, 5) is 16.8. The molecule has 168 valence electrons. The fourth-order valence-electron chi connectivity index (χ4n) is 4.09. The fourth-order valence-corrected chi connectivity index (χ4v) is 4.94. The van der Waals surface area contributed by atoms with Crippen LogP contribution in [-0.4, -0.2) is 21.2 Å². The van der Waals surface area contributed by atoms with Gasteiger partial charge in [-0.25, -0.2) is 4.98 Å². The van der Waals surface area contributed by atoms with Gasteiger partial charge >= 0.3 is 6.18 Å². The number of hydrogen-bond acceptors (Lipinski definition) is 5. The monoisotopic (exact) mass is 461 g/mol. The van der Waals surface area contributed by atoms with E-state index in [1.54, 1.807) is 6.07 Å². The summed E-state index contributed by atoms with van der Waals surface area (Å²) in [6.07, 6.45) is -0.643. The van der Waals surface area contributed by atoms with E-state index >= 15 is 0 Å². The van der Waals surface area contributed by atoms with Crippen LogP contribution < -0.4 is 5.32 Å². The van der Waals surface area contributed by atoms with Gasteiger partial charge in [0, 0.05) is 17.4 Å². The molecule has 0 unspecified atom stereocenters. The third-order valence-corrected chi connectivity index (χ3v) is 6.66.